The van der Waals surface area contributed by atoms with Crippen LogP contribution in [-0.4, -0.2) is 53.3 Å². The lowest BCUT2D eigenvalue weighted by Crippen LogP contribution is -2.23. The van der Waals surface area contributed by atoms with Crippen LogP contribution in [0.1, 0.15) is 32.1 Å². The van der Waals surface area contributed by atoms with Gasteiger partial charge in [0.05, 0.1) is 34.0 Å². The third-order valence-electron chi connectivity index (χ3n) is 7.19. The van der Waals surface area contributed by atoms with E-state index in [0.29, 0.717) is 0 Å². The van der Waals surface area contributed by atoms with Gasteiger partial charge in [0.25, 0.3) is 22.9 Å². The second-order valence-corrected chi connectivity index (χ2v) is 10.6. The lowest BCUT2D eigenvalue weighted by atomic mass is 10.1. The molecular formula is C32H20F6N6O6. The molecule has 0 fully saturated rings. The van der Waals surface area contributed by atoms with Gasteiger partial charge in [-0.05, 0) is 23.3 Å². The van der Waals surface area contributed by atoms with Gasteiger partial charge in [-0.1, -0.05) is 60.7 Å². The number of hydrogen-bond donors (Lipinski definition) is 0. The molecule has 0 aliphatic rings. The van der Waals surface area contributed by atoms with Gasteiger partial charge in [-0.3, -0.25) is 39.2 Å². The Hall–Kier alpha value is -6.46. The second-order valence-electron chi connectivity index (χ2n) is 10.6. The molecule has 12 nitrogen and oxygen atoms in total. The molecule has 4 aromatic carbocycles. The van der Waals surface area contributed by atoms with Crippen LogP contribution in [0.4, 0.5) is 37.7 Å². The van der Waals surface area contributed by atoms with E-state index >= 15 is 0 Å². The number of fused-ring (bicyclic) bond motifs is 2. The van der Waals surface area contributed by atoms with Crippen molar-refractivity contribution in [2.75, 3.05) is 0 Å². The number of aromatic nitrogens is 4. The number of nitro benzene ring substituents is 2. The van der Waals surface area contributed by atoms with Gasteiger partial charge >= 0.3 is 12.4 Å². The van der Waals surface area contributed by atoms with Crippen molar-refractivity contribution in [3.63, 3.8) is 0 Å². The highest BCUT2D eigenvalue weighted by Crippen LogP contribution is 2.31. The average molecular weight is 699 g/mol. The van der Waals surface area contributed by atoms with Gasteiger partial charge in [-0.2, -0.15) is 36.5 Å². The molecule has 0 unspecified atom stereocenters. The van der Waals surface area contributed by atoms with Gasteiger partial charge in [-0.25, -0.2) is 0 Å². The molecule has 0 bridgehead atoms. The first kappa shape index (κ1) is 34.9. The number of nitro groups is 2. The topological polar surface area (TPSA) is 156 Å². The number of carbonyl (C=O) groups is 2. The number of halogens is 6. The Labute approximate surface area is 275 Å². The molecule has 0 aliphatic heterocycles. The molecule has 0 spiro atoms. The summed E-state index contributed by atoms with van der Waals surface area (Å²) >= 11 is 0. The van der Waals surface area contributed by atoms with Crippen molar-refractivity contribution in [1.82, 2.24) is 19.6 Å². The van der Waals surface area contributed by atoms with Crippen molar-refractivity contribution < 1.29 is 45.8 Å². The van der Waals surface area contributed by atoms with Crippen molar-refractivity contribution in [3.05, 3.63) is 140 Å². The summed E-state index contributed by atoms with van der Waals surface area (Å²) in [5, 5.41) is 29.3. The summed E-state index contributed by atoms with van der Waals surface area (Å²) in [5.74, 6) is -4.17. The highest BCUT2D eigenvalue weighted by atomic mass is 19.4. The number of ketones is 2. The summed E-state index contributed by atoms with van der Waals surface area (Å²) in [4.78, 5) is 43.8. The van der Waals surface area contributed by atoms with Crippen LogP contribution in [0.15, 0.2) is 97.1 Å². The van der Waals surface area contributed by atoms with Crippen molar-refractivity contribution in [3.8, 4) is 0 Å². The maximum atomic E-state index is 12.8. The number of alkyl halides is 6. The zero-order valence-corrected chi connectivity index (χ0v) is 25.1. The number of carbonyl (C=O) groups excluding carboxylic acids is 2. The van der Waals surface area contributed by atoms with Crippen LogP contribution in [-0.2, 0) is 13.1 Å². The van der Waals surface area contributed by atoms with Gasteiger partial charge < -0.3 is 0 Å². The predicted molar refractivity (Wildman–Crippen MR) is 165 cm³/mol. The van der Waals surface area contributed by atoms with Crippen molar-refractivity contribution in [1.29, 1.82) is 0 Å². The maximum absolute atomic E-state index is 12.8. The first-order valence-electron chi connectivity index (χ1n) is 14.2. The summed E-state index contributed by atoms with van der Waals surface area (Å²) < 4.78 is 79.1. The van der Waals surface area contributed by atoms with Gasteiger partial charge in [-0.15, -0.1) is 0 Å². The molecule has 50 heavy (non-hydrogen) atoms. The lowest BCUT2D eigenvalue weighted by molar-refractivity contribution is -0.384. The van der Waals surface area contributed by atoms with E-state index in [2.05, 4.69) is 10.2 Å². The Morgan fingerprint density at radius 1 is 0.580 bits per heavy atom. The lowest BCUT2D eigenvalue weighted by Gasteiger charge is -2.03. The molecule has 6 rings (SSSR count). The quantitative estimate of drug-likeness (QED) is 0.0686. The molecule has 2 aromatic heterocycles. The molecular weight excluding hydrogens is 678 g/mol. The number of non-ortho nitro benzene ring substituents is 2. The predicted octanol–water partition coefficient (Wildman–Crippen LogP) is 7.48. The fourth-order valence-corrected chi connectivity index (χ4v) is 4.91. The third-order valence-corrected chi connectivity index (χ3v) is 7.19. The minimum atomic E-state index is -5.08. The normalized spacial score (nSPS) is 11.6. The summed E-state index contributed by atoms with van der Waals surface area (Å²) in [6, 6.07) is 24.0. The average Bonchev–Trinajstić information content (AvgIpc) is 3.61. The molecule has 0 N–H and O–H groups in total. The van der Waals surface area contributed by atoms with E-state index in [1.54, 1.807) is 60.7 Å². The van der Waals surface area contributed by atoms with Crippen molar-refractivity contribution in [2.24, 2.45) is 0 Å². The zero-order chi connectivity index (χ0) is 36.4. The highest BCUT2D eigenvalue weighted by Gasteiger charge is 2.43. The molecule has 0 aliphatic carbocycles. The molecule has 0 amide bonds. The first-order valence-corrected chi connectivity index (χ1v) is 14.2. The van der Waals surface area contributed by atoms with Crippen LogP contribution in [0.2, 0.25) is 0 Å². The van der Waals surface area contributed by atoms with E-state index in [4.69, 9.17) is 0 Å². The Balaban J connectivity index is 0.000000194. The molecule has 2 heterocycles. The molecule has 0 saturated heterocycles. The van der Waals surface area contributed by atoms with E-state index in [-0.39, 0.29) is 46.3 Å². The van der Waals surface area contributed by atoms with E-state index in [1.807, 2.05) is 0 Å². The van der Waals surface area contributed by atoms with E-state index in [0.717, 1.165) is 56.9 Å². The van der Waals surface area contributed by atoms with Crippen molar-refractivity contribution in [2.45, 2.75) is 25.4 Å². The van der Waals surface area contributed by atoms with Gasteiger partial charge in [0.1, 0.15) is 11.4 Å². The molecule has 0 atom stereocenters. The van der Waals surface area contributed by atoms with E-state index < -0.39 is 45.2 Å². The molecule has 0 saturated carbocycles. The van der Waals surface area contributed by atoms with Crippen LogP contribution < -0.4 is 0 Å². The number of rotatable bonds is 8. The van der Waals surface area contributed by atoms with Gasteiger partial charge in [0, 0.05) is 35.0 Å². The fourth-order valence-electron chi connectivity index (χ4n) is 4.91. The summed E-state index contributed by atoms with van der Waals surface area (Å²) in [5.41, 5.74) is -0.507. The zero-order valence-electron chi connectivity index (χ0n) is 25.1. The fraction of sp³-hybridized carbons (Fsp3) is 0.125. The van der Waals surface area contributed by atoms with Crippen LogP contribution in [0.5, 0.6) is 0 Å². The van der Waals surface area contributed by atoms with Gasteiger partial charge in [0.2, 0.25) is 0 Å². The van der Waals surface area contributed by atoms with Gasteiger partial charge in [0.15, 0.2) is 0 Å². The molecule has 6 aromatic rings. The summed E-state index contributed by atoms with van der Waals surface area (Å²) in [7, 11) is 0. The minimum absolute atomic E-state index is 0.0731. The largest absolute Gasteiger partial charge is 0.456 e. The number of nitrogens with zero attached hydrogens (tertiary/aromatic N) is 6. The van der Waals surface area contributed by atoms with Crippen LogP contribution in [0, 0.1) is 20.2 Å². The van der Waals surface area contributed by atoms with Crippen LogP contribution in [0.3, 0.4) is 0 Å². The SMILES string of the molecule is O=C(c1nn(Cc2ccccc2)c2cc([N+](=O)[O-])ccc12)C(F)(F)F.O=C(c1nn(Cc2ccccc2)c2cc([N+](=O)[O-])ccc12)C(F)(F)F. The molecule has 256 valence electrons. The number of Topliss-reactive ketones (excluding diaryl/α,β-unsaturated/α-hetero) is 2. The second kappa shape index (κ2) is 13.6. The summed E-state index contributed by atoms with van der Waals surface area (Å²) in [6.07, 6.45) is -10.2. The number of hydrogen-bond acceptors (Lipinski definition) is 8. The third kappa shape index (κ3) is 7.48. The Morgan fingerprint density at radius 2 is 0.920 bits per heavy atom. The smallest absolute Gasteiger partial charge is 0.282 e. The molecule has 18 heteroatoms. The van der Waals surface area contributed by atoms with E-state index in [9.17, 15) is 56.2 Å². The Morgan fingerprint density at radius 3 is 1.22 bits per heavy atom. The number of benzene rings is 4. The van der Waals surface area contributed by atoms with Crippen LogP contribution >= 0.6 is 0 Å². The Bertz CT molecular complexity index is 2090. The summed E-state index contributed by atoms with van der Waals surface area (Å²) in [6.45, 7) is 0.146. The Kier molecular flexibility index (Phi) is 9.46. The standard InChI is InChI=1S/2C16H10F3N3O3/c2*17-16(18,19)15(23)14-12-7-6-11(22(24)25)8-13(12)21(20-14)9-10-4-2-1-3-5-10/h2*1-8H,9H2. The van der Waals surface area contributed by atoms with Crippen molar-refractivity contribution >= 4 is 44.7 Å². The maximum Gasteiger partial charge on any atom is 0.456 e. The highest BCUT2D eigenvalue weighted by molar-refractivity contribution is 6.09. The minimum Gasteiger partial charge on any atom is -0.282 e. The van der Waals surface area contributed by atoms with E-state index in [1.165, 1.54) is 0 Å². The first-order chi connectivity index (χ1) is 23.5. The molecule has 0 radical (unpaired) electrons. The monoisotopic (exact) mass is 698 g/mol. The van der Waals surface area contributed by atoms with Crippen LogP contribution in [0.25, 0.3) is 21.8 Å².